The lowest BCUT2D eigenvalue weighted by Gasteiger charge is -2.24. The number of rotatable bonds is 7. The molecule has 0 aliphatic heterocycles. The van der Waals surface area contributed by atoms with Crippen LogP contribution in [0.25, 0.3) is 0 Å². The van der Waals surface area contributed by atoms with Gasteiger partial charge in [-0.25, -0.2) is 9.59 Å². The molecule has 0 N–H and O–H groups in total. The lowest BCUT2D eigenvalue weighted by Crippen LogP contribution is -2.44. The number of carbonyl (C=O) groups excluding carboxylic acids is 2. The Morgan fingerprint density at radius 3 is 2.14 bits per heavy atom. The van der Waals surface area contributed by atoms with E-state index in [1.165, 1.54) is 6.08 Å². The molecule has 0 fully saturated rings. The molecule has 1 rings (SSSR count). The summed E-state index contributed by atoms with van der Waals surface area (Å²) in [6.45, 7) is 7.16. The third-order valence-corrected chi connectivity index (χ3v) is 3.77. The molecule has 0 aliphatic carbocycles. The second-order valence-corrected chi connectivity index (χ2v) is 5.26. The molecule has 0 aliphatic rings. The average Bonchev–Trinajstić information content (AvgIpc) is 2.48. The van der Waals surface area contributed by atoms with Gasteiger partial charge in [-0.3, -0.25) is 0 Å². The Morgan fingerprint density at radius 2 is 1.71 bits per heavy atom. The van der Waals surface area contributed by atoms with E-state index < -0.39 is 16.7 Å². The topological polar surface area (TPSA) is 52.6 Å². The van der Waals surface area contributed by atoms with Crippen LogP contribution in [0.3, 0.4) is 0 Å². The Kier molecular flexibility index (Phi) is 6.79. The molecule has 0 heterocycles. The van der Waals surface area contributed by atoms with Gasteiger partial charge >= 0.3 is 11.9 Å². The zero-order valence-electron chi connectivity index (χ0n) is 12.1. The number of esters is 2. The molecular weight excluding hydrogens is 288 g/mol. The van der Waals surface area contributed by atoms with Gasteiger partial charge in [0.2, 0.25) is 4.75 Å². The van der Waals surface area contributed by atoms with Crippen LogP contribution in [-0.4, -0.2) is 29.9 Å². The summed E-state index contributed by atoms with van der Waals surface area (Å²) in [5.74, 6) is -1.37. The molecule has 0 spiro atoms. The number of thioether (sulfide) groups is 1. The Hall–Kier alpha value is -1.97. The minimum atomic E-state index is -1.63. The van der Waals surface area contributed by atoms with Crippen LogP contribution in [0.5, 0.6) is 0 Å². The van der Waals surface area contributed by atoms with Crippen LogP contribution < -0.4 is 0 Å². The summed E-state index contributed by atoms with van der Waals surface area (Å²) in [6, 6.07) is 9.09. The zero-order chi connectivity index (χ0) is 15.7. The van der Waals surface area contributed by atoms with Crippen molar-refractivity contribution < 1.29 is 19.1 Å². The van der Waals surface area contributed by atoms with Crippen molar-refractivity contribution in [3.8, 4) is 0 Å². The monoisotopic (exact) mass is 306 g/mol. The summed E-state index contributed by atoms with van der Waals surface area (Å²) in [7, 11) is 0. The average molecular weight is 306 g/mol. The van der Waals surface area contributed by atoms with E-state index in [2.05, 4.69) is 12.3 Å². The quantitative estimate of drug-likeness (QED) is 0.335. The van der Waals surface area contributed by atoms with Crippen LogP contribution in [0, 0.1) is 0 Å². The Labute approximate surface area is 128 Å². The van der Waals surface area contributed by atoms with Crippen molar-refractivity contribution in [2.45, 2.75) is 23.5 Å². The van der Waals surface area contributed by atoms with Crippen LogP contribution in [-0.2, 0) is 19.1 Å². The molecule has 0 atom stereocenters. The lowest BCUT2D eigenvalue weighted by atomic mass is 10.1. The molecule has 5 heteroatoms. The van der Waals surface area contributed by atoms with Gasteiger partial charge in [0.25, 0.3) is 0 Å². The number of carbonyl (C=O) groups is 2. The molecule has 0 radical (unpaired) electrons. The minimum Gasteiger partial charge on any atom is -0.464 e. The van der Waals surface area contributed by atoms with Crippen LogP contribution in [0.4, 0.5) is 0 Å². The third kappa shape index (κ3) is 4.25. The van der Waals surface area contributed by atoms with Crippen LogP contribution in [0.15, 0.2) is 53.6 Å². The number of hydrogen-bond donors (Lipinski definition) is 0. The fourth-order valence-corrected chi connectivity index (χ4v) is 2.70. The molecule has 4 nitrogen and oxygen atoms in total. The molecule has 21 heavy (non-hydrogen) atoms. The molecule has 0 saturated carbocycles. The van der Waals surface area contributed by atoms with E-state index >= 15 is 0 Å². The second-order valence-electron chi connectivity index (χ2n) is 3.94. The van der Waals surface area contributed by atoms with Crippen molar-refractivity contribution in [2.75, 3.05) is 13.2 Å². The second kappa shape index (κ2) is 8.35. The van der Waals surface area contributed by atoms with E-state index in [0.29, 0.717) is 0 Å². The van der Waals surface area contributed by atoms with Gasteiger partial charge in [0, 0.05) is 4.90 Å². The van der Waals surface area contributed by atoms with Crippen molar-refractivity contribution in [3.05, 3.63) is 48.7 Å². The highest BCUT2D eigenvalue weighted by molar-refractivity contribution is 8.02. The predicted octanol–water partition coefficient (Wildman–Crippen LogP) is 2.98. The van der Waals surface area contributed by atoms with Gasteiger partial charge in [-0.2, -0.15) is 0 Å². The molecule has 0 unspecified atom stereocenters. The van der Waals surface area contributed by atoms with E-state index in [1.54, 1.807) is 26.0 Å². The van der Waals surface area contributed by atoms with Gasteiger partial charge in [0.05, 0.1) is 13.2 Å². The van der Waals surface area contributed by atoms with Crippen molar-refractivity contribution in [1.82, 2.24) is 0 Å². The van der Waals surface area contributed by atoms with Crippen molar-refractivity contribution in [2.24, 2.45) is 0 Å². The first kappa shape index (κ1) is 17.1. The summed E-state index contributed by atoms with van der Waals surface area (Å²) >= 11 is 1.05. The van der Waals surface area contributed by atoms with Gasteiger partial charge in [-0.15, -0.1) is 5.73 Å². The molecule has 0 saturated heterocycles. The number of ether oxygens (including phenoxy) is 2. The summed E-state index contributed by atoms with van der Waals surface area (Å²) in [6.07, 6.45) is 1.29. The van der Waals surface area contributed by atoms with Gasteiger partial charge in [0.15, 0.2) is 0 Å². The number of benzene rings is 1. The minimum absolute atomic E-state index is 0.167. The Bertz CT molecular complexity index is 514. The maximum Gasteiger partial charge on any atom is 0.338 e. The van der Waals surface area contributed by atoms with Crippen LogP contribution >= 0.6 is 11.8 Å². The molecule has 0 bridgehead atoms. The highest BCUT2D eigenvalue weighted by atomic mass is 32.2. The van der Waals surface area contributed by atoms with Crippen molar-refractivity contribution in [3.63, 3.8) is 0 Å². The first-order chi connectivity index (χ1) is 10.1. The Morgan fingerprint density at radius 1 is 1.19 bits per heavy atom. The van der Waals surface area contributed by atoms with Crippen LogP contribution in [0.1, 0.15) is 13.8 Å². The van der Waals surface area contributed by atoms with Gasteiger partial charge in [-0.05, 0) is 32.1 Å². The van der Waals surface area contributed by atoms with Crippen molar-refractivity contribution in [1.29, 1.82) is 0 Å². The first-order valence-electron chi connectivity index (χ1n) is 6.56. The van der Waals surface area contributed by atoms with Crippen LogP contribution in [0.2, 0.25) is 0 Å². The standard InChI is InChI=1S/C16H18O4S/c1-4-12-16(14(17)19-5-2,15(18)20-6-3)21-13-10-8-7-9-11-13/h7-12H,1,5-6H2,2-3H3. The Balaban J connectivity index is 3.26. The molecule has 0 aromatic heterocycles. The molecular formula is C16H18O4S. The van der Waals surface area contributed by atoms with Crippen molar-refractivity contribution >= 4 is 23.7 Å². The maximum absolute atomic E-state index is 12.3. The fourth-order valence-electron chi connectivity index (χ4n) is 1.61. The number of hydrogen-bond acceptors (Lipinski definition) is 5. The van der Waals surface area contributed by atoms with E-state index in [1.807, 2.05) is 18.2 Å². The molecule has 112 valence electrons. The first-order valence-corrected chi connectivity index (χ1v) is 7.37. The highest BCUT2D eigenvalue weighted by Gasteiger charge is 2.48. The largest absolute Gasteiger partial charge is 0.464 e. The fraction of sp³-hybridized carbons (Fsp3) is 0.312. The molecule has 1 aromatic rings. The smallest absolute Gasteiger partial charge is 0.338 e. The molecule has 1 aromatic carbocycles. The highest BCUT2D eigenvalue weighted by Crippen LogP contribution is 2.36. The summed E-state index contributed by atoms with van der Waals surface area (Å²) < 4.78 is 8.45. The van der Waals surface area contributed by atoms with Gasteiger partial charge in [0.1, 0.15) is 0 Å². The SMILES string of the molecule is C=C=CC(Sc1ccccc1)(C(=O)OCC)C(=O)OCC. The van der Waals surface area contributed by atoms with Gasteiger partial charge < -0.3 is 9.47 Å². The lowest BCUT2D eigenvalue weighted by molar-refractivity contribution is -0.156. The molecule has 0 amide bonds. The summed E-state index contributed by atoms with van der Waals surface area (Å²) in [5, 5.41) is 0. The zero-order valence-corrected chi connectivity index (χ0v) is 12.9. The summed E-state index contributed by atoms with van der Waals surface area (Å²) in [5.41, 5.74) is 2.51. The predicted molar refractivity (Wildman–Crippen MR) is 82.0 cm³/mol. The van der Waals surface area contributed by atoms with E-state index in [4.69, 9.17) is 9.47 Å². The van der Waals surface area contributed by atoms with Gasteiger partial charge in [-0.1, -0.05) is 36.5 Å². The maximum atomic E-state index is 12.3. The normalized spacial score (nSPS) is 10.4. The third-order valence-electron chi connectivity index (χ3n) is 2.48. The summed E-state index contributed by atoms with van der Waals surface area (Å²) in [4.78, 5) is 25.4. The van der Waals surface area contributed by atoms with E-state index in [0.717, 1.165) is 16.7 Å². The van der Waals surface area contributed by atoms with E-state index in [9.17, 15) is 9.59 Å². The van der Waals surface area contributed by atoms with E-state index in [-0.39, 0.29) is 13.2 Å².